The van der Waals surface area contributed by atoms with Crippen LogP contribution in [0.5, 0.6) is 5.75 Å². The van der Waals surface area contributed by atoms with Crippen molar-refractivity contribution in [1.82, 2.24) is 10.3 Å². The van der Waals surface area contributed by atoms with E-state index in [1.165, 1.54) is 12.8 Å². The predicted octanol–water partition coefficient (Wildman–Crippen LogP) is 4.67. The van der Waals surface area contributed by atoms with Crippen LogP contribution in [0.3, 0.4) is 0 Å². The minimum absolute atomic E-state index is 0. The van der Waals surface area contributed by atoms with E-state index >= 15 is 0 Å². The SMILES string of the molecule is CC(C)(C)/C=C/C=C/c1cncc(OC[C@H]2CCCN2)c1.Cl.Cl. The molecule has 23 heavy (non-hydrogen) atoms. The first-order valence-electron chi connectivity index (χ1n) is 7.70. The zero-order valence-corrected chi connectivity index (χ0v) is 15.8. The molecule has 1 aliphatic heterocycles. The van der Waals surface area contributed by atoms with Gasteiger partial charge in [-0.15, -0.1) is 24.8 Å². The summed E-state index contributed by atoms with van der Waals surface area (Å²) in [5.74, 6) is 0.839. The zero-order valence-electron chi connectivity index (χ0n) is 14.1. The molecule has 0 unspecified atom stereocenters. The van der Waals surface area contributed by atoms with Crippen molar-refractivity contribution in [2.24, 2.45) is 5.41 Å². The number of halogens is 2. The van der Waals surface area contributed by atoms with Crippen LogP contribution in [0.15, 0.2) is 36.7 Å². The van der Waals surface area contributed by atoms with E-state index in [1.54, 1.807) is 6.20 Å². The molecule has 0 amide bonds. The summed E-state index contributed by atoms with van der Waals surface area (Å²) in [6.45, 7) is 8.38. The van der Waals surface area contributed by atoms with E-state index in [1.807, 2.05) is 18.3 Å². The first-order chi connectivity index (χ1) is 10.0. The first kappa shape index (κ1) is 22.0. The van der Waals surface area contributed by atoms with Crippen molar-refractivity contribution < 1.29 is 4.74 Å². The second kappa shape index (κ2) is 10.7. The van der Waals surface area contributed by atoms with Gasteiger partial charge in [0.2, 0.25) is 0 Å². The van der Waals surface area contributed by atoms with Crippen LogP contribution in [0.25, 0.3) is 6.08 Å². The lowest BCUT2D eigenvalue weighted by Crippen LogP contribution is -2.28. The Labute approximate surface area is 152 Å². The van der Waals surface area contributed by atoms with Gasteiger partial charge in [-0.3, -0.25) is 4.98 Å². The van der Waals surface area contributed by atoms with Crippen molar-refractivity contribution in [1.29, 1.82) is 0 Å². The third kappa shape index (κ3) is 8.99. The van der Waals surface area contributed by atoms with Gasteiger partial charge in [0.25, 0.3) is 0 Å². The summed E-state index contributed by atoms with van der Waals surface area (Å²) in [4.78, 5) is 4.24. The fourth-order valence-corrected chi connectivity index (χ4v) is 2.21. The molecular formula is C18H28Cl2N2O. The molecule has 0 radical (unpaired) electrons. The molecule has 1 N–H and O–H groups in total. The molecule has 1 atom stereocenters. The number of pyridine rings is 1. The molecule has 1 aliphatic rings. The summed E-state index contributed by atoms with van der Waals surface area (Å²) in [6, 6.07) is 2.52. The molecule has 0 saturated carbocycles. The van der Waals surface area contributed by atoms with E-state index in [-0.39, 0.29) is 30.2 Å². The molecule has 0 aliphatic carbocycles. The Kier molecular flexibility index (Phi) is 10.2. The van der Waals surface area contributed by atoms with Gasteiger partial charge in [0.15, 0.2) is 0 Å². The molecular weight excluding hydrogens is 331 g/mol. The van der Waals surface area contributed by atoms with Crippen molar-refractivity contribution in [3.05, 3.63) is 42.3 Å². The molecule has 1 fully saturated rings. The van der Waals surface area contributed by atoms with Gasteiger partial charge in [-0.2, -0.15) is 0 Å². The Balaban J connectivity index is 0.00000242. The van der Waals surface area contributed by atoms with Crippen LogP contribution >= 0.6 is 24.8 Å². The zero-order chi connectivity index (χ0) is 15.1. The summed E-state index contributed by atoms with van der Waals surface area (Å²) in [6.07, 6.45) is 14.4. The highest BCUT2D eigenvalue weighted by molar-refractivity contribution is 5.85. The Bertz CT molecular complexity index is 504. The van der Waals surface area contributed by atoms with E-state index in [2.05, 4.69) is 49.3 Å². The van der Waals surface area contributed by atoms with Crippen LogP contribution in [0.4, 0.5) is 0 Å². The first-order valence-corrected chi connectivity index (χ1v) is 7.70. The molecule has 1 aromatic rings. The van der Waals surface area contributed by atoms with E-state index < -0.39 is 0 Å². The van der Waals surface area contributed by atoms with E-state index in [0.29, 0.717) is 6.04 Å². The second-order valence-corrected chi connectivity index (χ2v) is 6.64. The average Bonchev–Trinajstić information content (AvgIpc) is 2.94. The number of nitrogens with zero attached hydrogens (tertiary/aromatic N) is 1. The van der Waals surface area contributed by atoms with Crippen LogP contribution in [0.1, 0.15) is 39.2 Å². The van der Waals surface area contributed by atoms with Crippen LogP contribution in [-0.2, 0) is 0 Å². The van der Waals surface area contributed by atoms with Crippen LogP contribution in [-0.4, -0.2) is 24.2 Å². The highest BCUT2D eigenvalue weighted by atomic mass is 35.5. The average molecular weight is 359 g/mol. The van der Waals surface area contributed by atoms with Crippen LogP contribution in [0, 0.1) is 5.41 Å². The molecule has 5 heteroatoms. The minimum atomic E-state index is 0. The quantitative estimate of drug-likeness (QED) is 0.776. The largest absolute Gasteiger partial charge is 0.490 e. The van der Waals surface area contributed by atoms with Gasteiger partial charge in [0, 0.05) is 12.2 Å². The molecule has 0 bridgehead atoms. The predicted molar refractivity (Wildman–Crippen MR) is 103 cm³/mol. The van der Waals surface area contributed by atoms with Crippen molar-refractivity contribution >= 4 is 30.9 Å². The maximum atomic E-state index is 5.81. The highest BCUT2D eigenvalue weighted by Crippen LogP contribution is 2.16. The lowest BCUT2D eigenvalue weighted by atomic mass is 9.96. The normalized spacial score (nSPS) is 18.0. The fourth-order valence-electron chi connectivity index (χ4n) is 2.21. The van der Waals surface area contributed by atoms with Gasteiger partial charge in [0.1, 0.15) is 12.4 Å². The number of hydrogen-bond acceptors (Lipinski definition) is 3. The van der Waals surface area contributed by atoms with Gasteiger partial charge < -0.3 is 10.1 Å². The second-order valence-electron chi connectivity index (χ2n) is 6.64. The van der Waals surface area contributed by atoms with E-state index in [4.69, 9.17) is 4.74 Å². The molecule has 1 aromatic heterocycles. The van der Waals surface area contributed by atoms with Crippen LogP contribution < -0.4 is 10.1 Å². The summed E-state index contributed by atoms with van der Waals surface area (Å²) in [5, 5.41) is 3.43. The number of nitrogens with one attached hydrogen (secondary N) is 1. The maximum Gasteiger partial charge on any atom is 0.138 e. The maximum absolute atomic E-state index is 5.81. The third-order valence-electron chi connectivity index (χ3n) is 3.34. The van der Waals surface area contributed by atoms with Crippen molar-refractivity contribution in [2.45, 2.75) is 39.7 Å². The molecule has 130 valence electrons. The monoisotopic (exact) mass is 358 g/mol. The Morgan fingerprint density at radius 3 is 2.70 bits per heavy atom. The fraction of sp³-hybridized carbons (Fsp3) is 0.500. The van der Waals surface area contributed by atoms with Gasteiger partial charge >= 0.3 is 0 Å². The van der Waals surface area contributed by atoms with Crippen molar-refractivity contribution in [3.63, 3.8) is 0 Å². The Hall–Kier alpha value is -1.03. The smallest absolute Gasteiger partial charge is 0.138 e. The Morgan fingerprint density at radius 1 is 1.26 bits per heavy atom. The van der Waals surface area contributed by atoms with Gasteiger partial charge in [-0.1, -0.05) is 45.1 Å². The van der Waals surface area contributed by atoms with Crippen LogP contribution in [0.2, 0.25) is 0 Å². The number of allylic oxidation sites excluding steroid dienone is 3. The molecule has 1 saturated heterocycles. The van der Waals surface area contributed by atoms with Gasteiger partial charge in [0.05, 0.1) is 6.20 Å². The van der Waals surface area contributed by atoms with E-state index in [0.717, 1.165) is 24.5 Å². The number of hydrogen-bond donors (Lipinski definition) is 1. The molecule has 2 rings (SSSR count). The molecule has 2 heterocycles. The van der Waals surface area contributed by atoms with E-state index in [9.17, 15) is 0 Å². The molecule has 0 spiro atoms. The minimum Gasteiger partial charge on any atom is -0.490 e. The standard InChI is InChI=1S/C18H26N2O.2ClH/c1-18(2,3)9-5-4-7-15-11-17(13-19-12-15)21-14-16-8-6-10-20-16;;/h4-5,7,9,11-13,16,20H,6,8,10,14H2,1-3H3;2*1H/b7-4+,9-5+;;/t16-;;/m1../s1. The number of rotatable bonds is 5. The number of ether oxygens (including phenoxy) is 1. The number of aromatic nitrogens is 1. The Morgan fingerprint density at radius 2 is 2.04 bits per heavy atom. The van der Waals surface area contributed by atoms with Crippen molar-refractivity contribution in [3.8, 4) is 5.75 Å². The summed E-state index contributed by atoms with van der Waals surface area (Å²) in [5.41, 5.74) is 1.27. The summed E-state index contributed by atoms with van der Waals surface area (Å²) < 4.78 is 5.81. The third-order valence-corrected chi connectivity index (χ3v) is 3.34. The highest BCUT2D eigenvalue weighted by Gasteiger charge is 2.14. The lowest BCUT2D eigenvalue weighted by Gasteiger charge is -2.12. The summed E-state index contributed by atoms with van der Waals surface area (Å²) in [7, 11) is 0. The summed E-state index contributed by atoms with van der Waals surface area (Å²) >= 11 is 0. The lowest BCUT2D eigenvalue weighted by molar-refractivity contribution is 0.276. The van der Waals surface area contributed by atoms with Crippen molar-refractivity contribution in [2.75, 3.05) is 13.2 Å². The van der Waals surface area contributed by atoms with Gasteiger partial charge in [-0.05, 0) is 36.4 Å². The molecule has 0 aromatic carbocycles. The van der Waals surface area contributed by atoms with Gasteiger partial charge in [-0.25, -0.2) is 0 Å². The topological polar surface area (TPSA) is 34.1 Å². The molecule has 3 nitrogen and oxygen atoms in total.